The molecule has 3 nitrogen and oxygen atoms in total. The summed E-state index contributed by atoms with van der Waals surface area (Å²) in [6.45, 7) is 3.25. The highest BCUT2D eigenvalue weighted by atomic mass is 19.3. The lowest BCUT2D eigenvalue weighted by molar-refractivity contribution is 0.0819. The molecule has 2 rings (SSSR count). The monoisotopic (exact) mass is 268 g/mol. The van der Waals surface area contributed by atoms with Crippen LogP contribution in [0.2, 0.25) is 0 Å². The zero-order valence-corrected chi connectivity index (χ0v) is 10.7. The zero-order chi connectivity index (χ0) is 14.0. The van der Waals surface area contributed by atoms with Crippen LogP contribution in [-0.4, -0.2) is 13.0 Å². The molecule has 0 saturated heterocycles. The van der Waals surface area contributed by atoms with E-state index in [9.17, 15) is 13.6 Å². The van der Waals surface area contributed by atoms with E-state index < -0.39 is 18.7 Å². The first-order chi connectivity index (χ1) is 8.97. The molecule has 0 bridgehead atoms. The topological polar surface area (TPSA) is 39.4 Å². The third kappa shape index (κ3) is 3.10. The van der Waals surface area contributed by atoms with Crippen LogP contribution < -0.4 is 10.4 Å². The van der Waals surface area contributed by atoms with Crippen molar-refractivity contribution in [1.29, 1.82) is 0 Å². The molecule has 1 aromatic heterocycles. The van der Waals surface area contributed by atoms with E-state index in [1.165, 1.54) is 12.1 Å². The Labute approximate surface area is 108 Å². The second-order valence-corrected chi connectivity index (χ2v) is 4.54. The second-order valence-electron chi connectivity index (χ2n) is 4.54. The molecule has 102 valence electrons. The molecule has 1 heterocycles. The smallest absolute Gasteiger partial charge is 0.336 e. The van der Waals surface area contributed by atoms with Crippen molar-refractivity contribution in [3.8, 4) is 5.75 Å². The number of hydrogen-bond donors (Lipinski definition) is 0. The Hall–Kier alpha value is -1.91. The maximum Gasteiger partial charge on any atom is 0.336 e. The largest absolute Gasteiger partial charge is 0.488 e. The van der Waals surface area contributed by atoms with E-state index in [-0.39, 0.29) is 11.7 Å². The number of fused-ring (bicyclic) bond motifs is 1. The number of benzene rings is 1. The first-order valence-electron chi connectivity index (χ1n) is 5.96. The van der Waals surface area contributed by atoms with E-state index in [2.05, 4.69) is 0 Å². The van der Waals surface area contributed by atoms with E-state index in [1.807, 2.05) is 13.8 Å². The lowest BCUT2D eigenvalue weighted by Crippen LogP contribution is -2.07. The summed E-state index contributed by atoms with van der Waals surface area (Å²) < 4.78 is 34.1. The van der Waals surface area contributed by atoms with Gasteiger partial charge in [0, 0.05) is 17.5 Å². The molecule has 0 aliphatic rings. The summed E-state index contributed by atoms with van der Waals surface area (Å²) in [6, 6.07) is 6.22. The van der Waals surface area contributed by atoms with Gasteiger partial charge in [0.1, 0.15) is 17.9 Å². The van der Waals surface area contributed by atoms with E-state index >= 15 is 0 Å². The maximum absolute atomic E-state index is 12.1. The Kier molecular flexibility index (Phi) is 3.83. The van der Waals surface area contributed by atoms with Crippen molar-refractivity contribution >= 4 is 11.0 Å². The van der Waals surface area contributed by atoms with E-state index in [1.54, 1.807) is 12.1 Å². The van der Waals surface area contributed by atoms with Crippen LogP contribution in [0.3, 0.4) is 0 Å². The molecule has 0 unspecified atom stereocenters. The van der Waals surface area contributed by atoms with Crippen LogP contribution in [0.15, 0.2) is 33.5 Å². The van der Waals surface area contributed by atoms with E-state index in [0.29, 0.717) is 5.58 Å². The maximum atomic E-state index is 12.1. The molecular formula is C14H14F2O3. The molecule has 2 aromatic rings. The van der Waals surface area contributed by atoms with E-state index in [4.69, 9.17) is 9.15 Å². The number of ether oxygens (including phenoxy) is 1. The molecule has 0 aliphatic carbocycles. The Bertz CT molecular complexity index is 632. The van der Waals surface area contributed by atoms with Gasteiger partial charge in [-0.3, -0.25) is 0 Å². The minimum absolute atomic E-state index is 0.166. The van der Waals surface area contributed by atoms with Crippen LogP contribution in [-0.2, 0) is 0 Å². The van der Waals surface area contributed by atoms with Gasteiger partial charge in [0.05, 0.1) is 0 Å². The van der Waals surface area contributed by atoms with Crippen molar-refractivity contribution < 1.29 is 17.9 Å². The Morgan fingerprint density at radius 2 is 2.00 bits per heavy atom. The predicted molar refractivity (Wildman–Crippen MR) is 68.1 cm³/mol. The number of rotatable bonds is 4. The van der Waals surface area contributed by atoms with Gasteiger partial charge in [0.2, 0.25) is 0 Å². The molecule has 0 amide bonds. The SMILES string of the molecule is CC(C)c1cc(=O)oc2cc(OCC(F)F)ccc12. The van der Waals surface area contributed by atoms with Gasteiger partial charge in [-0.2, -0.15) is 0 Å². The van der Waals surface area contributed by atoms with Gasteiger partial charge in [-0.25, -0.2) is 13.6 Å². The number of alkyl halides is 2. The third-order valence-electron chi connectivity index (χ3n) is 2.75. The molecule has 5 heteroatoms. The molecule has 0 spiro atoms. The highest BCUT2D eigenvalue weighted by Gasteiger charge is 2.10. The zero-order valence-electron chi connectivity index (χ0n) is 10.7. The van der Waals surface area contributed by atoms with Crippen molar-refractivity contribution in [1.82, 2.24) is 0 Å². The Morgan fingerprint density at radius 3 is 2.63 bits per heavy atom. The normalized spacial score (nSPS) is 11.5. The summed E-state index contributed by atoms with van der Waals surface area (Å²) in [4.78, 5) is 11.5. The number of hydrogen-bond acceptors (Lipinski definition) is 3. The quantitative estimate of drug-likeness (QED) is 0.796. The summed E-state index contributed by atoms with van der Waals surface area (Å²) in [5, 5.41) is 0.791. The molecule has 0 aliphatic heterocycles. The lowest BCUT2D eigenvalue weighted by atomic mass is 10.00. The third-order valence-corrected chi connectivity index (χ3v) is 2.75. The minimum Gasteiger partial charge on any atom is -0.488 e. The molecule has 0 N–H and O–H groups in total. The summed E-state index contributed by atoms with van der Waals surface area (Å²) in [6.07, 6.45) is -2.54. The summed E-state index contributed by atoms with van der Waals surface area (Å²) in [5.41, 5.74) is 0.761. The summed E-state index contributed by atoms with van der Waals surface area (Å²) in [5.74, 6) is 0.427. The fourth-order valence-corrected chi connectivity index (χ4v) is 1.89. The molecule has 1 aromatic carbocycles. The van der Waals surface area contributed by atoms with Crippen LogP contribution in [0.1, 0.15) is 25.3 Å². The molecule has 0 fully saturated rings. The lowest BCUT2D eigenvalue weighted by Gasteiger charge is -2.10. The van der Waals surface area contributed by atoms with Gasteiger partial charge < -0.3 is 9.15 Å². The van der Waals surface area contributed by atoms with Crippen molar-refractivity contribution in [2.45, 2.75) is 26.2 Å². The highest BCUT2D eigenvalue weighted by Crippen LogP contribution is 2.27. The van der Waals surface area contributed by atoms with Crippen LogP contribution >= 0.6 is 0 Å². The van der Waals surface area contributed by atoms with Crippen molar-refractivity contribution in [2.24, 2.45) is 0 Å². The van der Waals surface area contributed by atoms with Crippen molar-refractivity contribution in [3.63, 3.8) is 0 Å². The average Bonchev–Trinajstić information content (AvgIpc) is 2.34. The summed E-state index contributed by atoms with van der Waals surface area (Å²) >= 11 is 0. The molecule has 0 atom stereocenters. The van der Waals surface area contributed by atoms with Gasteiger partial charge in [-0.15, -0.1) is 0 Å². The fourth-order valence-electron chi connectivity index (χ4n) is 1.89. The Balaban J connectivity index is 2.46. The minimum atomic E-state index is -2.54. The van der Waals surface area contributed by atoms with Gasteiger partial charge in [0.25, 0.3) is 6.43 Å². The Morgan fingerprint density at radius 1 is 1.26 bits per heavy atom. The van der Waals surface area contributed by atoms with Crippen molar-refractivity contribution in [3.05, 3.63) is 40.2 Å². The highest BCUT2D eigenvalue weighted by molar-refractivity contribution is 5.82. The first-order valence-corrected chi connectivity index (χ1v) is 5.96. The van der Waals surface area contributed by atoms with E-state index in [0.717, 1.165) is 10.9 Å². The first kappa shape index (κ1) is 13.5. The van der Waals surface area contributed by atoms with Gasteiger partial charge >= 0.3 is 5.63 Å². The van der Waals surface area contributed by atoms with Crippen LogP contribution in [0.5, 0.6) is 5.75 Å². The van der Waals surface area contributed by atoms with Crippen molar-refractivity contribution in [2.75, 3.05) is 6.61 Å². The summed E-state index contributed by atoms with van der Waals surface area (Å²) in [7, 11) is 0. The molecule has 0 saturated carbocycles. The number of halogens is 2. The predicted octanol–water partition coefficient (Wildman–Crippen LogP) is 3.56. The van der Waals surface area contributed by atoms with Crippen LogP contribution in [0, 0.1) is 0 Å². The molecule has 0 radical (unpaired) electrons. The average molecular weight is 268 g/mol. The fraction of sp³-hybridized carbons (Fsp3) is 0.357. The standard InChI is InChI=1S/C14H14F2O3/c1-8(2)11-6-14(17)19-12-5-9(3-4-10(11)12)18-7-13(15)16/h3-6,8,13H,7H2,1-2H3. The van der Waals surface area contributed by atoms with Gasteiger partial charge in [0.15, 0.2) is 0 Å². The van der Waals surface area contributed by atoms with Crippen LogP contribution in [0.4, 0.5) is 8.78 Å². The van der Waals surface area contributed by atoms with Gasteiger partial charge in [-0.1, -0.05) is 13.8 Å². The molecular weight excluding hydrogens is 254 g/mol. The van der Waals surface area contributed by atoms with Crippen LogP contribution in [0.25, 0.3) is 11.0 Å². The van der Waals surface area contributed by atoms with Gasteiger partial charge in [-0.05, 0) is 23.6 Å². The molecule has 19 heavy (non-hydrogen) atoms. The second kappa shape index (κ2) is 5.38.